The minimum atomic E-state index is 1.12. The van der Waals surface area contributed by atoms with Crippen molar-refractivity contribution < 1.29 is 0 Å². The van der Waals surface area contributed by atoms with Crippen LogP contribution in [0.3, 0.4) is 0 Å². The maximum absolute atomic E-state index is 2.41. The van der Waals surface area contributed by atoms with E-state index in [-0.39, 0.29) is 0 Å². The Kier molecular flexibility index (Phi) is 7.47. The number of hydrogen-bond donors (Lipinski definition) is 0. The van der Waals surface area contributed by atoms with Gasteiger partial charge in [-0.3, -0.25) is 0 Å². The van der Waals surface area contributed by atoms with Crippen molar-refractivity contribution in [3.63, 3.8) is 0 Å². The largest absolute Gasteiger partial charge is 0.0882 e. The van der Waals surface area contributed by atoms with Crippen LogP contribution in [0.5, 0.6) is 0 Å². The zero-order valence-corrected chi connectivity index (χ0v) is 9.25. The molecular formula is C14H23. The van der Waals surface area contributed by atoms with Gasteiger partial charge >= 0.3 is 0 Å². The molecule has 0 saturated carbocycles. The maximum Gasteiger partial charge on any atom is -0.0169 e. The summed E-state index contributed by atoms with van der Waals surface area (Å²) in [5.74, 6) is 0. The van der Waals surface area contributed by atoms with Gasteiger partial charge in [0.1, 0.15) is 0 Å². The highest BCUT2D eigenvalue weighted by atomic mass is 14.0. The average Bonchev–Trinajstić information content (AvgIpc) is 2.22. The van der Waals surface area contributed by atoms with Crippen LogP contribution in [0.15, 0.2) is 24.3 Å². The third-order valence-corrected chi connectivity index (χ3v) is 2.69. The summed E-state index contributed by atoms with van der Waals surface area (Å²) in [4.78, 5) is 0. The summed E-state index contributed by atoms with van der Waals surface area (Å²) in [5.41, 5.74) is 0. The average molecular weight is 191 g/mol. The lowest BCUT2D eigenvalue weighted by Gasteiger charge is -2.00. The molecule has 0 N–H and O–H groups in total. The predicted molar refractivity (Wildman–Crippen MR) is 64.1 cm³/mol. The van der Waals surface area contributed by atoms with E-state index in [1.165, 1.54) is 44.9 Å². The van der Waals surface area contributed by atoms with Crippen LogP contribution >= 0.6 is 0 Å². The van der Waals surface area contributed by atoms with Crippen LogP contribution < -0.4 is 0 Å². The smallest absolute Gasteiger partial charge is 0.0169 e. The third-order valence-electron chi connectivity index (χ3n) is 2.69. The van der Waals surface area contributed by atoms with Gasteiger partial charge in [0.15, 0.2) is 0 Å². The Balaban J connectivity index is 2.17. The van der Waals surface area contributed by atoms with E-state index >= 15 is 0 Å². The first kappa shape index (κ1) is 11.6. The summed E-state index contributed by atoms with van der Waals surface area (Å²) in [6, 6.07) is 0. The van der Waals surface area contributed by atoms with Crippen LogP contribution in [0.1, 0.15) is 57.8 Å². The summed E-state index contributed by atoms with van der Waals surface area (Å²) >= 11 is 0. The van der Waals surface area contributed by atoms with E-state index in [4.69, 9.17) is 0 Å². The van der Waals surface area contributed by atoms with E-state index in [1.807, 2.05) is 0 Å². The van der Waals surface area contributed by atoms with Crippen molar-refractivity contribution in [1.82, 2.24) is 0 Å². The lowest BCUT2D eigenvalue weighted by molar-refractivity contribution is 0.612. The monoisotopic (exact) mass is 191 g/mol. The first-order valence-electron chi connectivity index (χ1n) is 6.12. The van der Waals surface area contributed by atoms with Crippen molar-refractivity contribution >= 4 is 0 Å². The molecule has 0 aromatic carbocycles. The molecule has 0 fully saturated rings. The molecule has 79 valence electrons. The van der Waals surface area contributed by atoms with E-state index in [1.54, 1.807) is 0 Å². The Bertz CT molecular complexity index is 147. The fraction of sp³-hybridized carbons (Fsp3) is 0.643. The number of hydrogen-bond acceptors (Lipinski definition) is 0. The fourth-order valence-corrected chi connectivity index (χ4v) is 1.78. The zero-order chi connectivity index (χ0) is 9.90. The minimum absolute atomic E-state index is 1.12. The molecule has 0 atom stereocenters. The highest BCUT2D eigenvalue weighted by Crippen LogP contribution is 2.10. The molecule has 1 aliphatic rings. The Hall–Kier alpha value is -0.520. The van der Waals surface area contributed by atoms with E-state index in [9.17, 15) is 0 Å². The fourth-order valence-electron chi connectivity index (χ4n) is 1.78. The van der Waals surface area contributed by atoms with Crippen molar-refractivity contribution in [2.75, 3.05) is 0 Å². The lowest BCUT2D eigenvalue weighted by atomic mass is 10.1. The molecule has 0 unspecified atom stereocenters. The Morgan fingerprint density at radius 3 is 2.07 bits per heavy atom. The molecule has 14 heavy (non-hydrogen) atoms. The van der Waals surface area contributed by atoms with Crippen molar-refractivity contribution in [3.8, 4) is 0 Å². The van der Waals surface area contributed by atoms with Gasteiger partial charge in [0, 0.05) is 0 Å². The van der Waals surface area contributed by atoms with Crippen molar-refractivity contribution in [3.05, 3.63) is 30.7 Å². The van der Waals surface area contributed by atoms with Crippen molar-refractivity contribution in [2.45, 2.75) is 57.8 Å². The molecular weight excluding hydrogens is 168 g/mol. The molecule has 1 radical (unpaired) electrons. The second-order valence-electron chi connectivity index (χ2n) is 4.05. The summed E-state index contributed by atoms with van der Waals surface area (Å²) < 4.78 is 0. The van der Waals surface area contributed by atoms with Crippen LogP contribution in [0.25, 0.3) is 0 Å². The van der Waals surface area contributed by atoms with E-state index < -0.39 is 0 Å². The Morgan fingerprint density at radius 2 is 1.14 bits per heavy atom. The minimum Gasteiger partial charge on any atom is -0.0882 e. The second kappa shape index (κ2) is 9.05. The van der Waals surface area contributed by atoms with Crippen LogP contribution in [-0.2, 0) is 0 Å². The molecule has 0 heteroatoms. The quantitative estimate of drug-likeness (QED) is 0.481. The van der Waals surface area contributed by atoms with Crippen LogP contribution in [0.4, 0.5) is 0 Å². The molecule has 1 aliphatic carbocycles. The first-order valence-corrected chi connectivity index (χ1v) is 6.12. The predicted octanol–water partition coefficient (Wildman–Crippen LogP) is 4.83. The summed E-state index contributed by atoms with van der Waals surface area (Å²) in [5, 5.41) is 0. The molecule has 0 aliphatic heterocycles. The highest BCUT2D eigenvalue weighted by Gasteiger charge is 1.91. The number of rotatable bonds is 0. The molecule has 0 aromatic heterocycles. The molecule has 0 amide bonds. The molecule has 1 rings (SSSR count). The van der Waals surface area contributed by atoms with Crippen molar-refractivity contribution in [1.29, 1.82) is 0 Å². The van der Waals surface area contributed by atoms with Crippen LogP contribution in [0.2, 0.25) is 0 Å². The Morgan fingerprint density at radius 1 is 0.500 bits per heavy atom. The summed E-state index contributed by atoms with van der Waals surface area (Å²) in [7, 11) is 0. The summed E-state index contributed by atoms with van der Waals surface area (Å²) in [6.45, 7) is 0. The second-order valence-corrected chi connectivity index (χ2v) is 4.05. The SMILES string of the molecule is [CH]1C/C=C\C/C=C\CCCCCCC1. The van der Waals surface area contributed by atoms with E-state index in [0.717, 1.165) is 12.8 Å². The molecule has 0 nitrogen and oxygen atoms in total. The van der Waals surface area contributed by atoms with Crippen molar-refractivity contribution in [2.24, 2.45) is 0 Å². The molecule has 0 bridgehead atoms. The van der Waals surface area contributed by atoms with E-state index in [0.29, 0.717) is 0 Å². The van der Waals surface area contributed by atoms with Gasteiger partial charge in [-0.05, 0) is 38.5 Å². The third kappa shape index (κ3) is 6.94. The van der Waals surface area contributed by atoms with Gasteiger partial charge in [-0.15, -0.1) is 0 Å². The maximum atomic E-state index is 2.41. The van der Waals surface area contributed by atoms with Gasteiger partial charge in [0.25, 0.3) is 0 Å². The van der Waals surface area contributed by atoms with E-state index in [2.05, 4.69) is 30.7 Å². The van der Waals surface area contributed by atoms with Gasteiger partial charge in [0.05, 0.1) is 0 Å². The van der Waals surface area contributed by atoms with Crippen LogP contribution in [-0.4, -0.2) is 0 Å². The van der Waals surface area contributed by atoms with Gasteiger partial charge in [-0.25, -0.2) is 0 Å². The highest BCUT2D eigenvalue weighted by molar-refractivity contribution is 4.94. The van der Waals surface area contributed by atoms with Crippen LogP contribution in [0, 0.1) is 6.42 Å². The van der Waals surface area contributed by atoms with Gasteiger partial charge in [-0.1, -0.05) is 50.0 Å². The van der Waals surface area contributed by atoms with Gasteiger partial charge in [0.2, 0.25) is 0 Å². The Labute approximate surface area is 89.1 Å². The summed E-state index contributed by atoms with van der Waals surface area (Å²) in [6.07, 6.45) is 23.5. The molecule has 0 heterocycles. The topological polar surface area (TPSA) is 0 Å². The molecule has 0 spiro atoms. The first-order chi connectivity index (χ1) is 7.00. The van der Waals surface area contributed by atoms with Gasteiger partial charge in [-0.2, -0.15) is 0 Å². The number of allylic oxidation sites excluding steroid dienone is 4. The lowest BCUT2D eigenvalue weighted by Crippen LogP contribution is -1.81. The normalized spacial score (nSPS) is 26.3. The zero-order valence-electron chi connectivity index (χ0n) is 9.25. The molecule has 0 saturated heterocycles. The molecule has 0 aromatic rings. The van der Waals surface area contributed by atoms with Gasteiger partial charge < -0.3 is 0 Å². The standard InChI is InChI=1S/C14H23/c1-2-4-6-8-10-12-14-13-11-9-7-5-3-1/h1-2,5-7H,3-4,8-14H2/b2-1-,7-5-.